The summed E-state index contributed by atoms with van der Waals surface area (Å²) in [6.07, 6.45) is 3.67. The van der Waals surface area contributed by atoms with Crippen LogP contribution in [0.4, 0.5) is 0 Å². The van der Waals surface area contributed by atoms with E-state index in [0.29, 0.717) is 6.54 Å². The van der Waals surface area contributed by atoms with E-state index < -0.39 is 5.97 Å². The summed E-state index contributed by atoms with van der Waals surface area (Å²) in [6.45, 7) is 4.29. The molecule has 5 heteroatoms. The van der Waals surface area contributed by atoms with Crippen molar-refractivity contribution in [1.82, 2.24) is 14.7 Å². The molecule has 110 valence electrons. The standard InChI is InChI=1S/C16H19N3O2/c1-12-9-18(11-15(12)16(20)21)10-13-3-5-14(6-4-13)19-8-2-7-17-19/h2-8,12,15H,9-11H2,1H3,(H,20,21). The van der Waals surface area contributed by atoms with Crippen LogP contribution in [0.15, 0.2) is 42.7 Å². The van der Waals surface area contributed by atoms with Gasteiger partial charge in [0.25, 0.3) is 0 Å². The minimum Gasteiger partial charge on any atom is -0.481 e. The molecule has 0 radical (unpaired) electrons. The number of carbonyl (C=O) groups is 1. The predicted molar refractivity (Wildman–Crippen MR) is 79.1 cm³/mol. The Balaban J connectivity index is 1.65. The Morgan fingerprint density at radius 3 is 2.67 bits per heavy atom. The van der Waals surface area contributed by atoms with Gasteiger partial charge in [0.1, 0.15) is 0 Å². The van der Waals surface area contributed by atoms with Crippen LogP contribution in [0.2, 0.25) is 0 Å². The van der Waals surface area contributed by atoms with E-state index in [9.17, 15) is 9.90 Å². The molecular weight excluding hydrogens is 266 g/mol. The Labute approximate surface area is 123 Å². The molecule has 1 aliphatic heterocycles. The zero-order valence-electron chi connectivity index (χ0n) is 12.0. The first-order chi connectivity index (χ1) is 10.1. The number of aliphatic carboxylic acids is 1. The number of likely N-dealkylation sites (tertiary alicyclic amines) is 1. The zero-order chi connectivity index (χ0) is 14.8. The van der Waals surface area contributed by atoms with Crippen molar-refractivity contribution in [3.63, 3.8) is 0 Å². The van der Waals surface area contributed by atoms with Gasteiger partial charge >= 0.3 is 5.97 Å². The van der Waals surface area contributed by atoms with Gasteiger partial charge in [-0.2, -0.15) is 5.10 Å². The van der Waals surface area contributed by atoms with Crippen molar-refractivity contribution >= 4 is 5.97 Å². The molecule has 0 amide bonds. The molecule has 2 heterocycles. The van der Waals surface area contributed by atoms with Crippen molar-refractivity contribution in [3.05, 3.63) is 48.3 Å². The summed E-state index contributed by atoms with van der Waals surface area (Å²) in [7, 11) is 0. The third-order valence-electron chi connectivity index (χ3n) is 4.12. The molecule has 5 nitrogen and oxygen atoms in total. The first-order valence-corrected chi connectivity index (χ1v) is 7.17. The van der Waals surface area contributed by atoms with Crippen LogP contribution in [-0.2, 0) is 11.3 Å². The van der Waals surface area contributed by atoms with Crippen LogP contribution < -0.4 is 0 Å². The topological polar surface area (TPSA) is 58.4 Å². The SMILES string of the molecule is CC1CN(Cc2ccc(-n3cccn3)cc2)CC1C(=O)O. The Morgan fingerprint density at radius 1 is 1.33 bits per heavy atom. The minimum atomic E-state index is -0.681. The number of rotatable bonds is 4. The maximum absolute atomic E-state index is 11.1. The smallest absolute Gasteiger partial charge is 0.308 e. The summed E-state index contributed by atoms with van der Waals surface area (Å²) in [5, 5.41) is 13.4. The van der Waals surface area contributed by atoms with E-state index in [1.165, 1.54) is 5.56 Å². The lowest BCUT2D eigenvalue weighted by Crippen LogP contribution is -2.23. The molecule has 1 aromatic heterocycles. The van der Waals surface area contributed by atoms with Crippen LogP contribution in [0.3, 0.4) is 0 Å². The predicted octanol–water partition coefficient (Wildman–Crippen LogP) is 2.02. The summed E-state index contributed by atoms with van der Waals surface area (Å²) in [6, 6.07) is 10.1. The highest BCUT2D eigenvalue weighted by Crippen LogP contribution is 2.24. The van der Waals surface area contributed by atoms with Crippen LogP contribution >= 0.6 is 0 Å². The van der Waals surface area contributed by atoms with Gasteiger partial charge in [-0.15, -0.1) is 0 Å². The molecule has 1 aromatic carbocycles. The molecule has 3 rings (SSSR count). The normalized spacial score (nSPS) is 22.5. The lowest BCUT2D eigenvalue weighted by molar-refractivity contribution is -0.142. The van der Waals surface area contributed by atoms with Gasteiger partial charge < -0.3 is 5.11 Å². The van der Waals surface area contributed by atoms with Gasteiger partial charge in [-0.25, -0.2) is 4.68 Å². The largest absolute Gasteiger partial charge is 0.481 e. The maximum atomic E-state index is 11.1. The number of benzene rings is 1. The fraction of sp³-hybridized carbons (Fsp3) is 0.375. The molecule has 2 atom stereocenters. The zero-order valence-corrected chi connectivity index (χ0v) is 12.0. The molecule has 1 fully saturated rings. The van der Waals surface area contributed by atoms with Crippen LogP contribution in [0.25, 0.3) is 5.69 Å². The summed E-state index contributed by atoms with van der Waals surface area (Å²) in [4.78, 5) is 13.4. The van der Waals surface area contributed by atoms with E-state index >= 15 is 0 Å². The first-order valence-electron chi connectivity index (χ1n) is 7.17. The average Bonchev–Trinajstić information content (AvgIpc) is 3.09. The Morgan fingerprint density at radius 2 is 2.10 bits per heavy atom. The summed E-state index contributed by atoms with van der Waals surface area (Å²) >= 11 is 0. The summed E-state index contributed by atoms with van der Waals surface area (Å²) < 4.78 is 1.82. The second-order valence-electron chi connectivity index (χ2n) is 5.73. The van der Waals surface area contributed by atoms with E-state index in [4.69, 9.17) is 0 Å². The van der Waals surface area contributed by atoms with Crippen LogP contribution in [0.5, 0.6) is 0 Å². The van der Waals surface area contributed by atoms with Crippen molar-refractivity contribution in [2.75, 3.05) is 13.1 Å². The highest BCUT2D eigenvalue weighted by Gasteiger charge is 2.34. The molecule has 1 N–H and O–H groups in total. The van der Waals surface area contributed by atoms with E-state index in [1.807, 2.05) is 36.0 Å². The highest BCUT2D eigenvalue weighted by molar-refractivity contribution is 5.71. The Kier molecular flexibility index (Phi) is 3.75. The second kappa shape index (κ2) is 5.69. The van der Waals surface area contributed by atoms with Gasteiger partial charge in [-0.05, 0) is 29.7 Å². The average molecular weight is 285 g/mol. The van der Waals surface area contributed by atoms with Crippen LogP contribution in [0, 0.1) is 11.8 Å². The van der Waals surface area contributed by atoms with Gasteiger partial charge in [0.2, 0.25) is 0 Å². The Bertz CT molecular complexity index is 607. The Hall–Kier alpha value is -2.14. The molecular formula is C16H19N3O2. The highest BCUT2D eigenvalue weighted by atomic mass is 16.4. The van der Waals surface area contributed by atoms with Gasteiger partial charge in [0.05, 0.1) is 11.6 Å². The molecule has 2 unspecified atom stereocenters. The van der Waals surface area contributed by atoms with Crippen molar-refractivity contribution in [2.24, 2.45) is 11.8 Å². The molecule has 21 heavy (non-hydrogen) atoms. The lowest BCUT2D eigenvalue weighted by Gasteiger charge is -2.15. The molecule has 1 aliphatic rings. The number of hydrogen-bond donors (Lipinski definition) is 1. The third-order valence-corrected chi connectivity index (χ3v) is 4.12. The number of nitrogens with zero attached hydrogens (tertiary/aromatic N) is 3. The second-order valence-corrected chi connectivity index (χ2v) is 5.73. The lowest BCUT2D eigenvalue weighted by atomic mass is 9.99. The van der Waals surface area contributed by atoms with Crippen molar-refractivity contribution < 1.29 is 9.90 Å². The molecule has 0 spiro atoms. The third kappa shape index (κ3) is 2.97. The van der Waals surface area contributed by atoms with Crippen molar-refractivity contribution in [2.45, 2.75) is 13.5 Å². The molecule has 1 saturated heterocycles. The van der Waals surface area contributed by atoms with Gasteiger partial charge in [0.15, 0.2) is 0 Å². The monoisotopic (exact) mass is 285 g/mol. The summed E-state index contributed by atoms with van der Waals surface area (Å²) in [5.41, 5.74) is 2.23. The van der Waals surface area contributed by atoms with Gasteiger partial charge in [-0.1, -0.05) is 19.1 Å². The molecule has 0 bridgehead atoms. The van der Waals surface area contributed by atoms with Gasteiger partial charge in [0, 0.05) is 32.0 Å². The van der Waals surface area contributed by atoms with E-state index in [-0.39, 0.29) is 11.8 Å². The number of hydrogen-bond acceptors (Lipinski definition) is 3. The minimum absolute atomic E-state index is 0.214. The van der Waals surface area contributed by atoms with Crippen LogP contribution in [0.1, 0.15) is 12.5 Å². The van der Waals surface area contributed by atoms with Crippen molar-refractivity contribution in [3.8, 4) is 5.69 Å². The molecule has 0 aliphatic carbocycles. The fourth-order valence-electron chi connectivity index (χ4n) is 2.95. The summed E-state index contributed by atoms with van der Waals surface area (Å²) in [5.74, 6) is -0.710. The quantitative estimate of drug-likeness (QED) is 0.933. The molecule has 0 saturated carbocycles. The van der Waals surface area contributed by atoms with Gasteiger partial charge in [-0.3, -0.25) is 9.69 Å². The molecule has 2 aromatic rings. The number of aromatic nitrogens is 2. The van der Waals surface area contributed by atoms with Crippen LogP contribution in [-0.4, -0.2) is 38.8 Å². The van der Waals surface area contributed by atoms with E-state index in [0.717, 1.165) is 18.8 Å². The van der Waals surface area contributed by atoms with E-state index in [2.05, 4.69) is 22.1 Å². The number of carboxylic acid groups (broad SMARTS) is 1. The van der Waals surface area contributed by atoms with E-state index in [1.54, 1.807) is 6.20 Å². The maximum Gasteiger partial charge on any atom is 0.308 e. The fourth-order valence-corrected chi connectivity index (χ4v) is 2.95. The van der Waals surface area contributed by atoms with Crippen molar-refractivity contribution in [1.29, 1.82) is 0 Å². The first kappa shape index (κ1) is 13.8. The number of carboxylic acids is 1.